The molecular weight excluding hydrogens is 315 g/mol. The van der Waals surface area contributed by atoms with Crippen molar-refractivity contribution >= 4 is 22.8 Å². The lowest BCUT2D eigenvalue weighted by atomic mass is 9.81. The quantitative estimate of drug-likeness (QED) is 0.802. The van der Waals surface area contributed by atoms with Gasteiger partial charge in [0.1, 0.15) is 11.4 Å². The number of benzene rings is 1. The van der Waals surface area contributed by atoms with Crippen LogP contribution in [-0.4, -0.2) is 27.5 Å². The normalized spacial score (nSPS) is 16.7. The van der Waals surface area contributed by atoms with Crippen LogP contribution in [0.25, 0.3) is 10.9 Å². The third-order valence-electron chi connectivity index (χ3n) is 4.52. The molecule has 1 heterocycles. The van der Waals surface area contributed by atoms with Gasteiger partial charge in [0.2, 0.25) is 5.56 Å². The number of rotatable bonds is 3. The van der Waals surface area contributed by atoms with Gasteiger partial charge in [0.15, 0.2) is 0 Å². The molecule has 3 rings (SSSR count). The Morgan fingerprint density at radius 2 is 1.88 bits per heavy atom. The number of carbonyl (C=O) groups excluding carboxylic acids is 1. The van der Waals surface area contributed by atoms with Crippen molar-refractivity contribution in [2.24, 2.45) is 0 Å². The second-order valence-corrected chi connectivity index (χ2v) is 6.14. The molecule has 1 aromatic heterocycles. The molecule has 1 saturated carbocycles. The van der Waals surface area contributed by atoms with Crippen LogP contribution in [0.1, 0.15) is 42.5 Å². The van der Waals surface area contributed by atoms with Crippen molar-refractivity contribution in [2.75, 3.05) is 0 Å². The number of aliphatic carboxylic acids is 1. The van der Waals surface area contributed by atoms with Crippen molar-refractivity contribution in [2.45, 2.75) is 37.6 Å². The molecule has 0 spiro atoms. The second kappa shape index (κ2) is 6.07. The Morgan fingerprint density at radius 1 is 1.17 bits per heavy atom. The van der Waals surface area contributed by atoms with Crippen molar-refractivity contribution in [1.29, 1.82) is 0 Å². The van der Waals surface area contributed by atoms with Crippen LogP contribution in [0, 0.1) is 5.82 Å². The molecule has 0 unspecified atom stereocenters. The predicted octanol–water partition coefficient (Wildman–Crippen LogP) is 2.18. The van der Waals surface area contributed by atoms with Crippen LogP contribution in [0.2, 0.25) is 0 Å². The van der Waals surface area contributed by atoms with E-state index < -0.39 is 28.8 Å². The van der Waals surface area contributed by atoms with Gasteiger partial charge in [0, 0.05) is 11.5 Å². The van der Waals surface area contributed by atoms with Gasteiger partial charge in [-0.15, -0.1) is 0 Å². The average molecular weight is 332 g/mol. The number of carboxylic acids is 1. The van der Waals surface area contributed by atoms with Crippen molar-refractivity contribution in [1.82, 2.24) is 10.3 Å². The molecule has 2 aromatic rings. The van der Waals surface area contributed by atoms with Crippen molar-refractivity contribution in [3.63, 3.8) is 0 Å². The Kier molecular flexibility index (Phi) is 4.09. The van der Waals surface area contributed by atoms with Crippen LogP contribution >= 0.6 is 0 Å². The first kappa shape index (κ1) is 16.2. The summed E-state index contributed by atoms with van der Waals surface area (Å²) in [4.78, 5) is 38.6. The third kappa shape index (κ3) is 2.89. The molecule has 24 heavy (non-hydrogen) atoms. The molecule has 126 valence electrons. The molecule has 0 radical (unpaired) electrons. The lowest BCUT2D eigenvalue weighted by molar-refractivity contribution is -0.145. The summed E-state index contributed by atoms with van der Waals surface area (Å²) in [5, 5.41) is 12.5. The maximum atomic E-state index is 13.3. The van der Waals surface area contributed by atoms with E-state index in [1.807, 2.05) is 0 Å². The first-order valence-corrected chi connectivity index (χ1v) is 7.80. The zero-order valence-corrected chi connectivity index (χ0v) is 12.9. The Morgan fingerprint density at radius 3 is 2.54 bits per heavy atom. The van der Waals surface area contributed by atoms with E-state index in [9.17, 15) is 23.9 Å². The van der Waals surface area contributed by atoms with Gasteiger partial charge in [-0.25, -0.2) is 9.18 Å². The number of carbonyl (C=O) groups is 2. The Balaban J connectivity index is 2.02. The summed E-state index contributed by atoms with van der Waals surface area (Å²) in [6.45, 7) is 0. The molecule has 1 fully saturated rings. The number of H-pyrrole nitrogens is 1. The Bertz CT molecular complexity index is 869. The number of aromatic amines is 1. The van der Waals surface area contributed by atoms with Crippen molar-refractivity contribution < 1.29 is 19.1 Å². The molecule has 0 saturated heterocycles. The number of halogens is 1. The van der Waals surface area contributed by atoms with E-state index in [0.717, 1.165) is 18.6 Å². The molecule has 0 aliphatic heterocycles. The lowest BCUT2D eigenvalue weighted by Crippen LogP contribution is -2.55. The van der Waals surface area contributed by atoms with Gasteiger partial charge >= 0.3 is 5.97 Å². The van der Waals surface area contributed by atoms with Gasteiger partial charge in [-0.2, -0.15) is 0 Å². The minimum absolute atomic E-state index is 0.0416. The summed E-state index contributed by atoms with van der Waals surface area (Å²) in [6.07, 6.45) is 3.06. The van der Waals surface area contributed by atoms with Crippen LogP contribution in [0.3, 0.4) is 0 Å². The SMILES string of the molecule is O=C(NC1(C(=O)O)CCCCC1)c1cc(=O)[nH]c2cc(F)ccc12. The number of nitrogens with one attached hydrogen (secondary N) is 2. The molecule has 7 heteroatoms. The lowest BCUT2D eigenvalue weighted by Gasteiger charge is -2.34. The molecule has 0 bridgehead atoms. The molecule has 6 nitrogen and oxygen atoms in total. The first-order valence-electron chi connectivity index (χ1n) is 7.80. The largest absolute Gasteiger partial charge is 0.480 e. The average Bonchev–Trinajstić information content (AvgIpc) is 2.54. The van der Waals surface area contributed by atoms with Crippen LogP contribution < -0.4 is 10.9 Å². The summed E-state index contributed by atoms with van der Waals surface area (Å²) < 4.78 is 13.3. The Hall–Kier alpha value is -2.70. The maximum Gasteiger partial charge on any atom is 0.329 e. The summed E-state index contributed by atoms with van der Waals surface area (Å²) in [5.41, 5.74) is -1.63. The molecule has 0 atom stereocenters. The van der Waals surface area contributed by atoms with Gasteiger partial charge in [-0.05, 0) is 31.0 Å². The van der Waals surface area contributed by atoms with Gasteiger partial charge < -0.3 is 15.4 Å². The fraction of sp³-hybridized carbons (Fsp3) is 0.353. The number of hydrogen-bond donors (Lipinski definition) is 3. The molecule has 1 aliphatic carbocycles. The van der Waals surface area contributed by atoms with Crippen LogP contribution in [0.4, 0.5) is 4.39 Å². The van der Waals surface area contributed by atoms with E-state index in [2.05, 4.69) is 10.3 Å². The molecule has 1 amide bonds. The van der Waals surface area contributed by atoms with E-state index in [1.54, 1.807) is 0 Å². The number of hydrogen-bond acceptors (Lipinski definition) is 3. The van der Waals surface area contributed by atoms with E-state index in [0.29, 0.717) is 31.1 Å². The predicted molar refractivity (Wildman–Crippen MR) is 85.4 cm³/mol. The van der Waals surface area contributed by atoms with Crippen molar-refractivity contribution in [3.05, 3.63) is 46.0 Å². The highest BCUT2D eigenvalue weighted by atomic mass is 19.1. The van der Waals surface area contributed by atoms with Gasteiger partial charge in [0.25, 0.3) is 5.91 Å². The highest BCUT2D eigenvalue weighted by Gasteiger charge is 2.41. The number of carboxylic acid groups (broad SMARTS) is 1. The summed E-state index contributed by atoms with van der Waals surface area (Å²) in [6, 6.07) is 4.81. The Labute approximate surface area is 136 Å². The first-order chi connectivity index (χ1) is 11.4. The van der Waals surface area contributed by atoms with Gasteiger partial charge in [0.05, 0.1) is 11.1 Å². The number of pyridine rings is 1. The highest BCUT2D eigenvalue weighted by molar-refractivity contribution is 6.07. The summed E-state index contributed by atoms with van der Waals surface area (Å²) in [5.74, 6) is -2.25. The second-order valence-electron chi connectivity index (χ2n) is 6.14. The smallest absolute Gasteiger partial charge is 0.329 e. The third-order valence-corrected chi connectivity index (χ3v) is 4.52. The van der Waals surface area contributed by atoms with Crippen LogP contribution in [-0.2, 0) is 4.79 Å². The fourth-order valence-electron chi connectivity index (χ4n) is 3.25. The summed E-state index contributed by atoms with van der Waals surface area (Å²) in [7, 11) is 0. The zero-order chi connectivity index (χ0) is 17.3. The molecule has 3 N–H and O–H groups in total. The van der Waals surface area contributed by atoms with E-state index in [1.165, 1.54) is 12.1 Å². The standard InChI is InChI=1S/C17H17FN2O4/c18-10-4-5-11-12(9-14(21)19-13(11)8-10)15(22)20-17(16(23)24)6-2-1-3-7-17/h4-5,8-9H,1-3,6-7H2,(H,19,21)(H,20,22)(H,23,24). The fourth-order valence-corrected chi connectivity index (χ4v) is 3.25. The minimum Gasteiger partial charge on any atom is -0.480 e. The van der Waals surface area contributed by atoms with E-state index >= 15 is 0 Å². The van der Waals surface area contributed by atoms with Gasteiger partial charge in [-0.1, -0.05) is 19.3 Å². The maximum absolute atomic E-state index is 13.3. The highest BCUT2D eigenvalue weighted by Crippen LogP contribution is 2.29. The number of fused-ring (bicyclic) bond motifs is 1. The van der Waals surface area contributed by atoms with Crippen LogP contribution in [0.5, 0.6) is 0 Å². The monoisotopic (exact) mass is 332 g/mol. The zero-order valence-electron chi connectivity index (χ0n) is 12.9. The molecule has 1 aliphatic rings. The number of aromatic nitrogens is 1. The molecular formula is C17H17FN2O4. The van der Waals surface area contributed by atoms with Gasteiger partial charge in [-0.3, -0.25) is 9.59 Å². The van der Waals surface area contributed by atoms with E-state index in [-0.39, 0.29) is 11.1 Å². The van der Waals surface area contributed by atoms with E-state index in [4.69, 9.17) is 0 Å². The minimum atomic E-state index is -1.32. The van der Waals surface area contributed by atoms with Crippen LogP contribution in [0.15, 0.2) is 29.1 Å². The number of amides is 1. The molecule has 1 aromatic carbocycles. The van der Waals surface area contributed by atoms with Crippen molar-refractivity contribution in [3.8, 4) is 0 Å². The topological polar surface area (TPSA) is 99.3 Å². The summed E-state index contributed by atoms with van der Waals surface area (Å²) >= 11 is 0.